The first-order valence-corrected chi connectivity index (χ1v) is 7.72. The normalized spacial score (nSPS) is 10.4. The van der Waals surface area contributed by atoms with Crippen molar-refractivity contribution in [3.63, 3.8) is 0 Å². The van der Waals surface area contributed by atoms with Crippen LogP contribution in [0.2, 0.25) is 5.02 Å². The molecule has 2 nitrogen and oxygen atoms in total. The molecule has 0 atom stereocenters. The molecular weight excluding hydrogens is 282 g/mol. The highest BCUT2D eigenvalue weighted by Gasteiger charge is 1.98. The van der Waals surface area contributed by atoms with E-state index in [2.05, 4.69) is 37.4 Å². The maximum absolute atomic E-state index is 5.83. The zero-order valence-corrected chi connectivity index (χ0v) is 13.4. The zero-order chi connectivity index (χ0) is 15.1. The molecule has 0 aliphatic rings. The number of benzene rings is 2. The second-order valence-electron chi connectivity index (χ2n) is 5.25. The quantitative estimate of drug-likeness (QED) is 0.707. The van der Waals surface area contributed by atoms with Crippen molar-refractivity contribution in [3.05, 3.63) is 58.6 Å². The Labute approximate surface area is 132 Å². The Balaban J connectivity index is 1.63. The highest BCUT2D eigenvalue weighted by Crippen LogP contribution is 2.17. The Hall–Kier alpha value is -1.67. The average Bonchev–Trinajstić information content (AvgIpc) is 2.46. The van der Waals surface area contributed by atoms with E-state index in [0.717, 1.165) is 36.8 Å². The van der Waals surface area contributed by atoms with E-state index in [4.69, 9.17) is 16.3 Å². The van der Waals surface area contributed by atoms with Crippen LogP contribution in [0.4, 0.5) is 5.69 Å². The Morgan fingerprint density at radius 2 is 1.76 bits per heavy atom. The predicted molar refractivity (Wildman–Crippen MR) is 90.6 cm³/mol. The van der Waals surface area contributed by atoms with Crippen LogP contribution >= 0.6 is 11.6 Å². The van der Waals surface area contributed by atoms with Crippen LogP contribution in [0, 0.1) is 13.8 Å². The molecule has 21 heavy (non-hydrogen) atoms. The van der Waals surface area contributed by atoms with E-state index >= 15 is 0 Å². The zero-order valence-electron chi connectivity index (χ0n) is 12.7. The molecule has 0 heterocycles. The van der Waals surface area contributed by atoms with Gasteiger partial charge in [-0.25, -0.2) is 0 Å². The molecule has 0 aliphatic carbocycles. The highest BCUT2D eigenvalue weighted by molar-refractivity contribution is 6.30. The van der Waals surface area contributed by atoms with Gasteiger partial charge in [-0.2, -0.15) is 0 Å². The minimum absolute atomic E-state index is 0.732. The van der Waals surface area contributed by atoms with Gasteiger partial charge in [-0.3, -0.25) is 0 Å². The summed E-state index contributed by atoms with van der Waals surface area (Å²) in [6, 6.07) is 14.0. The van der Waals surface area contributed by atoms with Crippen molar-refractivity contribution in [2.24, 2.45) is 0 Å². The van der Waals surface area contributed by atoms with Gasteiger partial charge in [0.25, 0.3) is 0 Å². The van der Waals surface area contributed by atoms with Crippen molar-refractivity contribution in [2.45, 2.75) is 26.7 Å². The van der Waals surface area contributed by atoms with Gasteiger partial charge in [-0.1, -0.05) is 29.3 Å². The first kappa shape index (κ1) is 15.7. The molecule has 0 amide bonds. The summed E-state index contributed by atoms with van der Waals surface area (Å²) in [5, 5.41) is 4.21. The van der Waals surface area contributed by atoms with E-state index < -0.39 is 0 Å². The maximum Gasteiger partial charge on any atom is 0.119 e. The summed E-state index contributed by atoms with van der Waals surface area (Å²) < 4.78 is 5.67. The van der Waals surface area contributed by atoms with Crippen molar-refractivity contribution in [2.75, 3.05) is 18.5 Å². The Bertz CT molecular complexity index is 566. The van der Waals surface area contributed by atoms with E-state index in [1.807, 2.05) is 24.3 Å². The molecule has 0 saturated heterocycles. The van der Waals surface area contributed by atoms with Crippen LogP contribution in [0.1, 0.15) is 24.0 Å². The molecule has 0 bridgehead atoms. The molecule has 2 aromatic rings. The average molecular weight is 304 g/mol. The molecule has 0 fully saturated rings. The van der Waals surface area contributed by atoms with Gasteiger partial charge in [0.2, 0.25) is 0 Å². The smallest absolute Gasteiger partial charge is 0.119 e. The Kier molecular flexibility index (Phi) is 5.94. The summed E-state index contributed by atoms with van der Waals surface area (Å²) in [6.07, 6.45) is 2.11. The summed E-state index contributed by atoms with van der Waals surface area (Å²) >= 11 is 5.83. The Morgan fingerprint density at radius 1 is 1.00 bits per heavy atom. The number of aryl methyl sites for hydroxylation is 2. The minimum atomic E-state index is 0.732. The third kappa shape index (κ3) is 5.31. The largest absolute Gasteiger partial charge is 0.494 e. The summed E-state index contributed by atoms with van der Waals surface area (Å²) in [4.78, 5) is 0. The van der Waals surface area contributed by atoms with Gasteiger partial charge in [-0.15, -0.1) is 0 Å². The number of anilines is 1. The van der Waals surface area contributed by atoms with Gasteiger partial charge >= 0.3 is 0 Å². The van der Waals surface area contributed by atoms with Crippen molar-refractivity contribution >= 4 is 17.3 Å². The molecule has 1 N–H and O–H groups in total. The molecule has 2 rings (SSSR count). The number of hydrogen-bond donors (Lipinski definition) is 1. The van der Waals surface area contributed by atoms with Crippen LogP contribution in [0.5, 0.6) is 5.75 Å². The lowest BCUT2D eigenvalue weighted by atomic mass is 10.1. The van der Waals surface area contributed by atoms with Gasteiger partial charge in [0.1, 0.15) is 5.75 Å². The lowest BCUT2D eigenvalue weighted by molar-refractivity contribution is 0.308. The lowest BCUT2D eigenvalue weighted by Gasteiger charge is -2.10. The topological polar surface area (TPSA) is 21.3 Å². The number of hydrogen-bond acceptors (Lipinski definition) is 2. The molecule has 0 saturated carbocycles. The first-order valence-electron chi connectivity index (χ1n) is 7.34. The fourth-order valence-electron chi connectivity index (χ4n) is 2.18. The molecule has 0 aliphatic heterocycles. The fraction of sp³-hybridized carbons (Fsp3) is 0.333. The summed E-state index contributed by atoms with van der Waals surface area (Å²) in [5.41, 5.74) is 3.82. The maximum atomic E-state index is 5.83. The minimum Gasteiger partial charge on any atom is -0.494 e. The van der Waals surface area contributed by atoms with Gasteiger partial charge in [0.15, 0.2) is 0 Å². The molecule has 112 valence electrons. The molecule has 2 aromatic carbocycles. The van der Waals surface area contributed by atoms with Crippen molar-refractivity contribution in [1.29, 1.82) is 0 Å². The molecule has 0 unspecified atom stereocenters. The molecular formula is C18H22ClNO. The van der Waals surface area contributed by atoms with Gasteiger partial charge in [0.05, 0.1) is 6.61 Å². The number of nitrogens with one attached hydrogen (secondary N) is 1. The second kappa shape index (κ2) is 7.94. The number of halogens is 1. The van der Waals surface area contributed by atoms with Crippen molar-refractivity contribution < 1.29 is 4.74 Å². The third-order valence-corrected chi connectivity index (χ3v) is 3.60. The third-order valence-electron chi connectivity index (χ3n) is 3.35. The van der Waals surface area contributed by atoms with Crippen LogP contribution in [-0.4, -0.2) is 13.2 Å². The second-order valence-corrected chi connectivity index (χ2v) is 5.69. The first-order chi connectivity index (χ1) is 10.1. The molecule has 0 aromatic heterocycles. The van der Waals surface area contributed by atoms with Gasteiger partial charge in [0, 0.05) is 17.3 Å². The number of rotatable bonds is 7. The van der Waals surface area contributed by atoms with Crippen LogP contribution in [0.25, 0.3) is 0 Å². The van der Waals surface area contributed by atoms with Crippen molar-refractivity contribution in [1.82, 2.24) is 0 Å². The van der Waals surface area contributed by atoms with E-state index in [9.17, 15) is 0 Å². The number of unbranched alkanes of at least 4 members (excludes halogenated alkanes) is 1. The predicted octanol–water partition coefficient (Wildman–Crippen LogP) is 5.23. The van der Waals surface area contributed by atoms with E-state index in [-0.39, 0.29) is 0 Å². The standard InChI is InChI=1S/C18H22ClNO/c1-14-5-10-18(15(2)13-14)20-11-3-4-12-21-17-8-6-16(19)7-9-17/h5-10,13,20H,3-4,11-12H2,1-2H3. The van der Waals surface area contributed by atoms with Gasteiger partial charge in [-0.05, 0) is 62.6 Å². The summed E-state index contributed by atoms with van der Waals surface area (Å²) in [6.45, 7) is 5.95. The van der Waals surface area contributed by atoms with Crippen LogP contribution < -0.4 is 10.1 Å². The Morgan fingerprint density at radius 3 is 2.48 bits per heavy atom. The van der Waals surface area contributed by atoms with Crippen LogP contribution in [0.3, 0.4) is 0 Å². The van der Waals surface area contributed by atoms with Gasteiger partial charge < -0.3 is 10.1 Å². The molecule has 3 heteroatoms. The van der Waals surface area contributed by atoms with E-state index in [1.54, 1.807) is 0 Å². The summed E-state index contributed by atoms with van der Waals surface area (Å²) in [5.74, 6) is 0.877. The monoisotopic (exact) mass is 303 g/mol. The SMILES string of the molecule is Cc1ccc(NCCCCOc2ccc(Cl)cc2)c(C)c1. The lowest BCUT2D eigenvalue weighted by Crippen LogP contribution is -2.05. The molecule has 0 radical (unpaired) electrons. The highest BCUT2D eigenvalue weighted by atomic mass is 35.5. The van der Waals surface area contributed by atoms with E-state index in [1.165, 1.54) is 16.8 Å². The van der Waals surface area contributed by atoms with Crippen LogP contribution in [-0.2, 0) is 0 Å². The molecule has 0 spiro atoms. The summed E-state index contributed by atoms with van der Waals surface area (Å²) in [7, 11) is 0. The fourth-order valence-corrected chi connectivity index (χ4v) is 2.31. The number of ether oxygens (including phenoxy) is 1. The van der Waals surface area contributed by atoms with Crippen LogP contribution in [0.15, 0.2) is 42.5 Å². The van der Waals surface area contributed by atoms with E-state index in [0.29, 0.717) is 0 Å². The van der Waals surface area contributed by atoms with Crippen molar-refractivity contribution in [3.8, 4) is 5.75 Å².